The van der Waals surface area contributed by atoms with Crippen LogP contribution < -0.4 is 5.73 Å². The van der Waals surface area contributed by atoms with Crippen LogP contribution in [0.3, 0.4) is 0 Å². The predicted octanol–water partition coefficient (Wildman–Crippen LogP) is 2.39. The quantitative estimate of drug-likeness (QED) is 0.745. The number of hydrogen-bond donors (Lipinski definition) is 1. The Balaban J connectivity index is 2.45. The maximum Gasteiger partial charge on any atom is 0.0477 e. The first-order chi connectivity index (χ1) is 8.19. The molecule has 3 nitrogen and oxygen atoms in total. The molecule has 1 fully saturated rings. The molecule has 0 aromatic heterocycles. The van der Waals surface area contributed by atoms with Gasteiger partial charge < -0.3 is 10.5 Å². The summed E-state index contributed by atoms with van der Waals surface area (Å²) in [5.74, 6) is 0. The van der Waals surface area contributed by atoms with Crippen molar-refractivity contribution in [1.82, 2.24) is 4.90 Å². The molecule has 0 radical (unpaired) electrons. The molecule has 0 aromatic carbocycles. The van der Waals surface area contributed by atoms with Gasteiger partial charge in [-0.15, -0.1) is 0 Å². The molecule has 1 unspecified atom stereocenters. The highest BCUT2D eigenvalue weighted by Gasteiger charge is 2.26. The lowest BCUT2D eigenvalue weighted by Gasteiger charge is -2.39. The molecule has 1 saturated carbocycles. The van der Waals surface area contributed by atoms with E-state index in [0.29, 0.717) is 12.1 Å². The molecule has 0 aromatic rings. The van der Waals surface area contributed by atoms with E-state index < -0.39 is 0 Å². The van der Waals surface area contributed by atoms with Gasteiger partial charge in [-0.25, -0.2) is 0 Å². The van der Waals surface area contributed by atoms with E-state index in [1.165, 1.54) is 38.6 Å². The van der Waals surface area contributed by atoms with Gasteiger partial charge >= 0.3 is 0 Å². The van der Waals surface area contributed by atoms with Crippen molar-refractivity contribution in [1.29, 1.82) is 0 Å². The lowest BCUT2D eigenvalue weighted by Crippen LogP contribution is -2.46. The highest BCUT2D eigenvalue weighted by molar-refractivity contribution is 4.83. The van der Waals surface area contributed by atoms with Gasteiger partial charge in [0.15, 0.2) is 0 Å². The standard InChI is InChI=1S/C14H30N2O/c1-4-10-16(12(2)9-11-17-3)14-7-5-13(15)6-8-14/h12-14H,4-11,15H2,1-3H3. The van der Waals surface area contributed by atoms with Crippen molar-refractivity contribution in [2.24, 2.45) is 5.73 Å². The fourth-order valence-corrected chi connectivity index (χ4v) is 2.91. The van der Waals surface area contributed by atoms with Crippen LogP contribution >= 0.6 is 0 Å². The van der Waals surface area contributed by atoms with E-state index in [4.69, 9.17) is 10.5 Å². The van der Waals surface area contributed by atoms with Crippen LogP contribution in [0.2, 0.25) is 0 Å². The molecule has 0 heterocycles. The topological polar surface area (TPSA) is 38.5 Å². The second-order valence-electron chi connectivity index (χ2n) is 5.44. The van der Waals surface area contributed by atoms with Crippen LogP contribution in [0.25, 0.3) is 0 Å². The van der Waals surface area contributed by atoms with Crippen LogP contribution in [0.5, 0.6) is 0 Å². The molecule has 1 rings (SSSR count). The summed E-state index contributed by atoms with van der Waals surface area (Å²) in [6.07, 6.45) is 7.32. The first-order valence-corrected chi connectivity index (χ1v) is 7.19. The van der Waals surface area contributed by atoms with E-state index in [2.05, 4.69) is 18.7 Å². The number of rotatable bonds is 7. The Morgan fingerprint density at radius 3 is 2.47 bits per heavy atom. The predicted molar refractivity (Wildman–Crippen MR) is 73.2 cm³/mol. The van der Waals surface area contributed by atoms with E-state index in [9.17, 15) is 0 Å². The van der Waals surface area contributed by atoms with Crippen molar-refractivity contribution in [2.45, 2.75) is 70.5 Å². The molecule has 3 heteroatoms. The fourth-order valence-electron chi connectivity index (χ4n) is 2.91. The summed E-state index contributed by atoms with van der Waals surface area (Å²) < 4.78 is 5.20. The lowest BCUT2D eigenvalue weighted by molar-refractivity contribution is 0.0823. The Bertz CT molecular complexity index is 191. The zero-order valence-electron chi connectivity index (χ0n) is 11.8. The van der Waals surface area contributed by atoms with Crippen molar-refractivity contribution in [3.8, 4) is 0 Å². The Morgan fingerprint density at radius 2 is 1.94 bits per heavy atom. The summed E-state index contributed by atoms with van der Waals surface area (Å²) in [5, 5.41) is 0. The molecular weight excluding hydrogens is 212 g/mol. The highest BCUT2D eigenvalue weighted by Crippen LogP contribution is 2.24. The van der Waals surface area contributed by atoms with E-state index in [1.807, 2.05) is 0 Å². The van der Waals surface area contributed by atoms with E-state index in [0.717, 1.165) is 19.1 Å². The van der Waals surface area contributed by atoms with Gasteiger partial charge in [-0.3, -0.25) is 4.90 Å². The Hall–Kier alpha value is -0.120. The van der Waals surface area contributed by atoms with E-state index in [1.54, 1.807) is 7.11 Å². The van der Waals surface area contributed by atoms with Crippen LogP contribution in [-0.4, -0.2) is 43.3 Å². The molecule has 0 aliphatic heterocycles. The largest absolute Gasteiger partial charge is 0.385 e. The van der Waals surface area contributed by atoms with Crippen molar-refractivity contribution >= 4 is 0 Å². The van der Waals surface area contributed by atoms with E-state index >= 15 is 0 Å². The summed E-state index contributed by atoms with van der Waals surface area (Å²) in [7, 11) is 1.79. The average Bonchev–Trinajstić information content (AvgIpc) is 2.34. The molecule has 102 valence electrons. The van der Waals surface area contributed by atoms with Gasteiger partial charge in [-0.05, 0) is 52.0 Å². The van der Waals surface area contributed by atoms with Crippen LogP contribution in [0.4, 0.5) is 0 Å². The van der Waals surface area contributed by atoms with Crippen molar-refractivity contribution in [2.75, 3.05) is 20.3 Å². The second-order valence-corrected chi connectivity index (χ2v) is 5.44. The molecule has 0 saturated heterocycles. The molecular formula is C14H30N2O. The third-order valence-electron chi connectivity index (χ3n) is 4.00. The minimum atomic E-state index is 0.448. The summed E-state index contributed by atoms with van der Waals surface area (Å²) in [5.41, 5.74) is 5.99. The first kappa shape index (κ1) is 14.9. The van der Waals surface area contributed by atoms with Gasteiger partial charge in [0.2, 0.25) is 0 Å². The minimum Gasteiger partial charge on any atom is -0.385 e. The zero-order chi connectivity index (χ0) is 12.7. The molecule has 1 aliphatic rings. The van der Waals surface area contributed by atoms with Crippen LogP contribution in [0, 0.1) is 0 Å². The third kappa shape index (κ3) is 4.94. The number of methoxy groups -OCH3 is 1. The van der Waals surface area contributed by atoms with Crippen molar-refractivity contribution in [3.63, 3.8) is 0 Å². The SMILES string of the molecule is CCCN(C(C)CCOC)C1CCC(N)CC1. The van der Waals surface area contributed by atoms with Crippen LogP contribution in [0.15, 0.2) is 0 Å². The van der Waals surface area contributed by atoms with Crippen molar-refractivity contribution < 1.29 is 4.74 Å². The van der Waals surface area contributed by atoms with Crippen LogP contribution in [0.1, 0.15) is 52.4 Å². The van der Waals surface area contributed by atoms with E-state index in [-0.39, 0.29) is 0 Å². The third-order valence-corrected chi connectivity index (χ3v) is 4.00. The average molecular weight is 242 g/mol. The highest BCUT2D eigenvalue weighted by atomic mass is 16.5. The lowest BCUT2D eigenvalue weighted by atomic mass is 9.89. The smallest absolute Gasteiger partial charge is 0.0477 e. The summed E-state index contributed by atoms with van der Waals surface area (Å²) >= 11 is 0. The van der Waals surface area contributed by atoms with Gasteiger partial charge in [-0.1, -0.05) is 6.92 Å². The molecule has 17 heavy (non-hydrogen) atoms. The molecule has 2 N–H and O–H groups in total. The molecule has 0 bridgehead atoms. The zero-order valence-corrected chi connectivity index (χ0v) is 11.8. The molecule has 0 spiro atoms. The number of nitrogens with two attached hydrogens (primary N) is 1. The van der Waals surface area contributed by atoms with Gasteiger partial charge in [-0.2, -0.15) is 0 Å². The first-order valence-electron chi connectivity index (χ1n) is 7.19. The maximum absolute atomic E-state index is 5.99. The fraction of sp³-hybridized carbons (Fsp3) is 1.00. The summed E-state index contributed by atoms with van der Waals surface area (Å²) in [6, 6.07) is 1.83. The number of ether oxygens (including phenoxy) is 1. The normalized spacial score (nSPS) is 27.4. The second kappa shape index (κ2) is 8.06. The minimum absolute atomic E-state index is 0.448. The molecule has 1 aliphatic carbocycles. The van der Waals surface area contributed by atoms with Gasteiger partial charge in [0.1, 0.15) is 0 Å². The Kier molecular flexibility index (Phi) is 7.09. The van der Waals surface area contributed by atoms with Crippen LogP contribution in [-0.2, 0) is 4.74 Å². The Labute approximate surface area is 107 Å². The number of nitrogens with zero attached hydrogens (tertiary/aromatic N) is 1. The van der Waals surface area contributed by atoms with Gasteiger partial charge in [0.05, 0.1) is 0 Å². The Morgan fingerprint density at radius 1 is 1.29 bits per heavy atom. The molecule has 0 amide bonds. The monoisotopic (exact) mass is 242 g/mol. The summed E-state index contributed by atoms with van der Waals surface area (Å²) in [6.45, 7) is 6.69. The van der Waals surface area contributed by atoms with Gasteiger partial charge in [0.25, 0.3) is 0 Å². The van der Waals surface area contributed by atoms with Crippen molar-refractivity contribution in [3.05, 3.63) is 0 Å². The number of hydrogen-bond acceptors (Lipinski definition) is 3. The van der Waals surface area contributed by atoms with Gasteiger partial charge in [0, 0.05) is 31.8 Å². The molecule has 1 atom stereocenters. The summed E-state index contributed by atoms with van der Waals surface area (Å²) in [4.78, 5) is 2.69. The maximum atomic E-state index is 5.99.